The lowest BCUT2D eigenvalue weighted by molar-refractivity contribution is -0.137. The van der Waals surface area contributed by atoms with Gasteiger partial charge in [-0.15, -0.1) is 12.4 Å². The third-order valence-corrected chi connectivity index (χ3v) is 4.87. The van der Waals surface area contributed by atoms with Crippen molar-refractivity contribution in [2.45, 2.75) is 64.3 Å². The van der Waals surface area contributed by atoms with Gasteiger partial charge in [0, 0.05) is 25.6 Å². The Morgan fingerprint density at radius 2 is 1.87 bits per heavy atom. The third-order valence-electron chi connectivity index (χ3n) is 4.87. The van der Waals surface area contributed by atoms with E-state index in [1.165, 1.54) is 19.3 Å². The summed E-state index contributed by atoms with van der Waals surface area (Å²) in [6.45, 7) is 5.36. The molecule has 6 heteroatoms. The normalized spacial score (nSPS) is 22.3. The Bertz CT molecular complexity index is 365. The summed E-state index contributed by atoms with van der Waals surface area (Å²) in [7, 11) is 0. The van der Waals surface area contributed by atoms with Crippen LogP contribution in [0.5, 0.6) is 0 Å². The Morgan fingerprint density at radius 3 is 2.48 bits per heavy atom. The van der Waals surface area contributed by atoms with E-state index in [1.807, 2.05) is 4.90 Å². The first-order valence-corrected chi connectivity index (χ1v) is 9.02. The molecule has 1 atom stereocenters. The number of carbonyl (C=O) groups excluding carboxylic acids is 2. The maximum atomic E-state index is 12.4. The molecule has 2 aliphatic heterocycles. The maximum Gasteiger partial charge on any atom is 0.239 e. The van der Waals surface area contributed by atoms with Gasteiger partial charge in [0.25, 0.3) is 0 Å². The monoisotopic (exact) mass is 345 g/mol. The number of carbonyl (C=O) groups is 2. The smallest absolute Gasteiger partial charge is 0.239 e. The molecule has 0 radical (unpaired) electrons. The average Bonchev–Trinajstić information content (AvgIpc) is 2.59. The highest BCUT2D eigenvalue weighted by Gasteiger charge is 2.31. The summed E-state index contributed by atoms with van der Waals surface area (Å²) in [5.41, 5.74) is 0. The Kier molecular flexibility index (Phi) is 9.56. The van der Waals surface area contributed by atoms with Crippen molar-refractivity contribution in [1.29, 1.82) is 0 Å². The topological polar surface area (TPSA) is 61.4 Å². The number of amides is 2. The molecule has 0 saturated carbocycles. The molecule has 0 bridgehead atoms. The van der Waals surface area contributed by atoms with E-state index in [2.05, 4.69) is 17.6 Å². The van der Waals surface area contributed by atoms with Crippen LogP contribution < -0.4 is 10.6 Å². The number of rotatable bonds is 6. The zero-order valence-corrected chi connectivity index (χ0v) is 15.1. The molecule has 0 aliphatic carbocycles. The van der Waals surface area contributed by atoms with E-state index in [0.717, 1.165) is 58.3 Å². The first kappa shape index (κ1) is 20.2. The van der Waals surface area contributed by atoms with Gasteiger partial charge >= 0.3 is 0 Å². The van der Waals surface area contributed by atoms with Gasteiger partial charge in [0.15, 0.2) is 0 Å². The highest BCUT2D eigenvalue weighted by Crippen LogP contribution is 2.19. The molecule has 0 aromatic carbocycles. The van der Waals surface area contributed by atoms with Crippen LogP contribution in [-0.4, -0.2) is 48.9 Å². The molecule has 5 nitrogen and oxygen atoms in total. The van der Waals surface area contributed by atoms with Crippen LogP contribution in [0.2, 0.25) is 0 Å². The molecule has 2 heterocycles. The van der Waals surface area contributed by atoms with Crippen LogP contribution in [0.1, 0.15) is 58.3 Å². The molecular formula is C17H32ClN3O2. The van der Waals surface area contributed by atoms with Crippen LogP contribution in [0.4, 0.5) is 0 Å². The average molecular weight is 346 g/mol. The van der Waals surface area contributed by atoms with Crippen molar-refractivity contribution in [1.82, 2.24) is 15.5 Å². The zero-order valence-electron chi connectivity index (χ0n) is 14.3. The highest BCUT2D eigenvalue weighted by molar-refractivity contribution is 5.85. The van der Waals surface area contributed by atoms with Gasteiger partial charge in [-0.1, -0.05) is 26.2 Å². The van der Waals surface area contributed by atoms with Crippen LogP contribution in [0, 0.1) is 5.92 Å². The van der Waals surface area contributed by atoms with Crippen molar-refractivity contribution >= 4 is 24.2 Å². The number of halogens is 1. The summed E-state index contributed by atoms with van der Waals surface area (Å²) < 4.78 is 0. The maximum absolute atomic E-state index is 12.4. The summed E-state index contributed by atoms with van der Waals surface area (Å²) in [6.07, 6.45) is 8.27. The molecule has 1 unspecified atom stereocenters. The third kappa shape index (κ3) is 6.30. The quantitative estimate of drug-likeness (QED) is 0.725. The fourth-order valence-corrected chi connectivity index (χ4v) is 3.38. The van der Waals surface area contributed by atoms with Gasteiger partial charge in [-0.25, -0.2) is 0 Å². The Hall–Kier alpha value is -0.810. The van der Waals surface area contributed by atoms with E-state index in [9.17, 15) is 9.59 Å². The Balaban J connectivity index is 0.00000264. The molecule has 2 amide bonds. The molecule has 2 saturated heterocycles. The highest BCUT2D eigenvalue weighted by atomic mass is 35.5. The minimum absolute atomic E-state index is 0. The Labute approximate surface area is 146 Å². The number of hydrogen-bond donors (Lipinski definition) is 2. The van der Waals surface area contributed by atoms with Crippen LogP contribution in [0.15, 0.2) is 0 Å². The first-order valence-electron chi connectivity index (χ1n) is 9.02. The summed E-state index contributed by atoms with van der Waals surface area (Å²) in [4.78, 5) is 26.5. The lowest BCUT2D eigenvalue weighted by Gasteiger charge is -2.35. The number of unbranched alkanes of at least 4 members (excludes halogenated alkanes) is 2. The van der Waals surface area contributed by atoms with Gasteiger partial charge in [-0.05, 0) is 38.6 Å². The van der Waals surface area contributed by atoms with E-state index in [-0.39, 0.29) is 36.2 Å². The van der Waals surface area contributed by atoms with Crippen molar-refractivity contribution in [2.75, 3.05) is 26.2 Å². The molecule has 0 spiro atoms. The second kappa shape index (κ2) is 10.9. The second-order valence-corrected chi connectivity index (χ2v) is 6.60. The molecular weight excluding hydrogens is 314 g/mol. The van der Waals surface area contributed by atoms with Crippen LogP contribution in [-0.2, 0) is 9.59 Å². The van der Waals surface area contributed by atoms with E-state index in [1.54, 1.807) is 0 Å². The fourth-order valence-electron chi connectivity index (χ4n) is 3.38. The van der Waals surface area contributed by atoms with Gasteiger partial charge in [0.05, 0.1) is 6.04 Å². The van der Waals surface area contributed by atoms with Gasteiger partial charge in [0.1, 0.15) is 0 Å². The van der Waals surface area contributed by atoms with Gasteiger partial charge < -0.3 is 15.5 Å². The standard InChI is InChI=1S/C17H31N3O2.ClH/c1-2-3-5-11-19-16(21)14-8-12-20(13-9-14)17(22)15-7-4-6-10-18-15;/h14-15,18H,2-13H2,1H3,(H,19,21);1H. The van der Waals surface area contributed by atoms with E-state index < -0.39 is 0 Å². The number of nitrogens with zero attached hydrogens (tertiary/aromatic N) is 1. The minimum atomic E-state index is 0. The Morgan fingerprint density at radius 1 is 1.13 bits per heavy atom. The van der Waals surface area contributed by atoms with Gasteiger partial charge in [0.2, 0.25) is 11.8 Å². The van der Waals surface area contributed by atoms with Crippen molar-refractivity contribution < 1.29 is 9.59 Å². The lowest BCUT2D eigenvalue weighted by Crippen LogP contribution is -2.51. The van der Waals surface area contributed by atoms with Crippen molar-refractivity contribution in [3.63, 3.8) is 0 Å². The summed E-state index contributed by atoms with van der Waals surface area (Å²) >= 11 is 0. The molecule has 2 fully saturated rings. The van der Waals surface area contributed by atoms with Gasteiger partial charge in [-0.3, -0.25) is 9.59 Å². The van der Waals surface area contributed by atoms with Crippen molar-refractivity contribution in [3.05, 3.63) is 0 Å². The summed E-state index contributed by atoms with van der Waals surface area (Å²) in [5.74, 6) is 0.505. The van der Waals surface area contributed by atoms with Crippen LogP contribution in [0.3, 0.4) is 0 Å². The molecule has 2 rings (SSSR count). The second-order valence-electron chi connectivity index (χ2n) is 6.60. The number of likely N-dealkylation sites (tertiary alicyclic amines) is 1. The molecule has 0 aromatic heterocycles. The lowest BCUT2D eigenvalue weighted by atomic mass is 9.94. The van der Waals surface area contributed by atoms with Crippen molar-refractivity contribution in [3.8, 4) is 0 Å². The molecule has 2 aliphatic rings. The largest absolute Gasteiger partial charge is 0.356 e. The van der Waals surface area contributed by atoms with E-state index >= 15 is 0 Å². The summed E-state index contributed by atoms with van der Waals surface area (Å²) in [5, 5.41) is 6.36. The molecule has 2 N–H and O–H groups in total. The summed E-state index contributed by atoms with van der Waals surface area (Å²) in [6, 6.07) is 0.00757. The number of hydrogen-bond acceptors (Lipinski definition) is 3. The minimum Gasteiger partial charge on any atom is -0.356 e. The SMILES string of the molecule is CCCCCNC(=O)C1CCN(C(=O)C2CCCCN2)CC1.Cl. The molecule has 134 valence electrons. The van der Waals surface area contributed by atoms with Gasteiger partial charge in [-0.2, -0.15) is 0 Å². The number of nitrogens with one attached hydrogen (secondary N) is 2. The first-order chi connectivity index (χ1) is 10.7. The predicted molar refractivity (Wildman–Crippen MR) is 94.7 cm³/mol. The fraction of sp³-hybridized carbons (Fsp3) is 0.882. The molecule has 23 heavy (non-hydrogen) atoms. The van der Waals surface area contributed by atoms with E-state index in [4.69, 9.17) is 0 Å². The van der Waals surface area contributed by atoms with Crippen molar-refractivity contribution in [2.24, 2.45) is 5.92 Å². The van der Waals surface area contributed by atoms with Crippen LogP contribution in [0.25, 0.3) is 0 Å². The van der Waals surface area contributed by atoms with E-state index in [0.29, 0.717) is 0 Å². The zero-order chi connectivity index (χ0) is 15.8. The molecule has 0 aromatic rings. The number of piperidine rings is 2. The predicted octanol–water partition coefficient (Wildman–Crippen LogP) is 2.10. The van der Waals surface area contributed by atoms with Crippen LogP contribution >= 0.6 is 12.4 Å².